The normalized spacial score (nSPS) is 21.8. The predicted octanol–water partition coefficient (Wildman–Crippen LogP) is 2.46. The average Bonchev–Trinajstić information content (AvgIpc) is 3.39. The first kappa shape index (κ1) is 27.3. The first-order valence-corrected chi connectivity index (χ1v) is 12.1. The maximum atomic E-state index is 12.7. The molecule has 0 aliphatic carbocycles. The molecule has 0 amide bonds. The van der Waals surface area contributed by atoms with Crippen molar-refractivity contribution in [3.05, 3.63) is 12.7 Å². The Morgan fingerprint density at radius 2 is 1.53 bits per heavy atom. The topological polar surface area (TPSA) is 141 Å². The zero-order valence-electron chi connectivity index (χ0n) is 21.7. The van der Waals surface area contributed by atoms with E-state index in [1.807, 2.05) is 6.92 Å². The molecular weight excluding hydrogens is 472 g/mol. The molecule has 0 bridgehead atoms. The standard InChI is InChI=1S/C24H34N4O8/c1-8-32-20-16-19(25-10-26-20)28(11-27-16)21-18(36-24(31)14(6)7)17(35-23(30)13(4)5)15(34-21)9-33-22(29)12(2)3/h10-15,17-18,21H,8-9H2,1-7H3/t15-,17-,18-,21-/m1/s1. The molecule has 2 aromatic heterocycles. The van der Waals surface area contributed by atoms with Crippen molar-refractivity contribution in [1.29, 1.82) is 0 Å². The van der Waals surface area contributed by atoms with E-state index in [9.17, 15) is 14.4 Å². The average molecular weight is 507 g/mol. The van der Waals surface area contributed by atoms with Gasteiger partial charge in [0.2, 0.25) is 5.88 Å². The molecule has 3 rings (SSSR count). The second-order valence-electron chi connectivity index (χ2n) is 9.40. The molecule has 12 nitrogen and oxygen atoms in total. The Balaban J connectivity index is 2.04. The van der Waals surface area contributed by atoms with Crippen molar-refractivity contribution in [3.8, 4) is 5.88 Å². The lowest BCUT2D eigenvalue weighted by atomic mass is 10.1. The molecule has 198 valence electrons. The van der Waals surface area contributed by atoms with Crippen LogP contribution in [0.1, 0.15) is 54.7 Å². The summed E-state index contributed by atoms with van der Waals surface area (Å²) in [4.78, 5) is 50.2. The number of nitrogens with zero attached hydrogens (tertiary/aromatic N) is 4. The maximum Gasteiger partial charge on any atom is 0.308 e. The molecule has 0 unspecified atom stereocenters. The lowest BCUT2D eigenvalue weighted by molar-refractivity contribution is -0.173. The molecule has 1 saturated heterocycles. The zero-order chi connectivity index (χ0) is 26.6. The van der Waals surface area contributed by atoms with Gasteiger partial charge in [-0.25, -0.2) is 9.97 Å². The Morgan fingerprint density at radius 3 is 2.11 bits per heavy atom. The third-order valence-electron chi connectivity index (χ3n) is 5.47. The summed E-state index contributed by atoms with van der Waals surface area (Å²) in [7, 11) is 0. The van der Waals surface area contributed by atoms with Crippen LogP contribution in [0.4, 0.5) is 0 Å². The number of hydrogen-bond acceptors (Lipinski definition) is 11. The summed E-state index contributed by atoms with van der Waals surface area (Å²) in [5.74, 6) is -2.41. The van der Waals surface area contributed by atoms with Crippen LogP contribution in [0.3, 0.4) is 0 Å². The van der Waals surface area contributed by atoms with E-state index in [-0.39, 0.29) is 12.5 Å². The van der Waals surface area contributed by atoms with Gasteiger partial charge in [-0.2, -0.15) is 4.98 Å². The van der Waals surface area contributed by atoms with Gasteiger partial charge >= 0.3 is 17.9 Å². The molecule has 1 aliphatic heterocycles. The molecule has 1 fully saturated rings. The lowest BCUT2D eigenvalue weighted by Crippen LogP contribution is -2.42. The molecule has 0 spiro atoms. The van der Waals surface area contributed by atoms with Gasteiger partial charge in [0.15, 0.2) is 29.6 Å². The monoisotopic (exact) mass is 506 g/mol. The van der Waals surface area contributed by atoms with Crippen LogP contribution >= 0.6 is 0 Å². The van der Waals surface area contributed by atoms with Crippen LogP contribution in [0.15, 0.2) is 12.7 Å². The smallest absolute Gasteiger partial charge is 0.308 e. The number of ether oxygens (including phenoxy) is 5. The highest BCUT2D eigenvalue weighted by atomic mass is 16.7. The summed E-state index contributed by atoms with van der Waals surface area (Å²) in [5.41, 5.74) is 0.764. The number of hydrogen-bond donors (Lipinski definition) is 0. The number of rotatable bonds is 10. The number of carbonyl (C=O) groups is 3. The van der Waals surface area contributed by atoms with Crippen LogP contribution < -0.4 is 4.74 Å². The van der Waals surface area contributed by atoms with Crippen molar-refractivity contribution in [2.24, 2.45) is 17.8 Å². The van der Waals surface area contributed by atoms with Gasteiger partial charge in [0.25, 0.3) is 0 Å². The molecule has 36 heavy (non-hydrogen) atoms. The summed E-state index contributed by atoms with van der Waals surface area (Å²) < 4.78 is 30.3. The van der Waals surface area contributed by atoms with E-state index < -0.39 is 54.3 Å². The van der Waals surface area contributed by atoms with Gasteiger partial charge in [0, 0.05) is 0 Å². The third-order valence-corrected chi connectivity index (χ3v) is 5.47. The van der Waals surface area contributed by atoms with Gasteiger partial charge in [0.1, 0.15) is 19.0 Å². The molecule has 0 N–H and O–H groups in total. The van der Waals surface area contributed by atoms with Crippen LogP contribution in [0, 0.1) is 17.8 Å². The van der Waals surface area contributed by atoms with E-state index >= 15 is 0 Å². The van der Waals surface area contributed by atoms with Gasteiger partial charge in [0.05, 0.1) is 30.7 Å². The Bertz CT molecular complexity index is 1080. The van der Waals surface area contributed by atoms with Gasteiger partial charge in [-0.3, -0.25) is 19.0 Å². The van der Waals surface area contributed by atoms with Crippen molar-refractivity contribution in [2.45, 2.75) is 73.0 Å². The van der Waals surface area contributed by atoms with Crippen LogP contribution in [0.2, 0.25) is 0 Å². The summed E-state index contributed by atoms with van der Waals surface area (Å²) in [6, 6.07) is 0. The van der Waals surface area contributed by atoms with Crippen molar-refractivity contribution in [3.63, 3.8) is 0 Å². The molecule has 3 heterocycles. The fraction of sp³-hybridized carbons (Fsp3) is 0.667. The second kappa shape index (κ2) is 11.6. The van der Waals surface area contributed by atoms with Crippen LogP contribution in [-0.2, 0) is 33.3 Å². The molecule has 0 saturated carbocycles. The molecular formula is C24H34N4O8. The van der Waals surface area contributed by atoms with E-state index in [1.54, 1.807) is 46.1 Å². The zero-order valence-corrected chi connectivity index (χ0v) is 21.7. The summed E-state index contributed by atoms with van der Waals surface area (Å²) in [5, 5.41) is 0. The molecule has 0 aromatic carbocycles. The number of fused-ring (bicyclic) bond motifs is 1. The van der Waals surface area contributed by atoms with E-state index in [4.69, 9.17) is 23.7 Å². The minimum absolute atomic E-state index is 0.203. The number of imidazole rings is 1. The highest BCUT2D eigenvalue weighted by Crippen LogP contribution is 2.37. The largest absolute Gasteiger partial charge is 0.476 e. The Kier molecular flexibility index (Phi) is 8.83. The second-order valence-corrected chi connectivity index (χ2v) is 9.40. The molecule has 0 radical (unpaired) electrons. The number of esters is 3. The van der Waals surface area contributed by atoms with E-state index in [0.717, 1.165) is 0 Å². The Morgan fingerprint density at radius 1 is 0.917 bits per heavy atom. The van der Waals surface area contributed by atoms with Crippen LogP contribution in [-0.4, -0.2) is 69.0 Å². The summed E-state index contributed by atoms with van der Waals surface area (Å²) >= 11 is 0. The Hall–Kier alpha value is -3.28. The quantitative estimate of drug-likeness (QED) is 0.346. The van der Waals surface area contributed by atoms with Gasteiger partial charge in [-0.15, -0.1) is 0 Å². The van der Waals surface area contributed by atoms with E-state index in [1.165, 1.54) is 12.7 Å². The van der Waals surface area contributed by atoms with E-state index in [0.29, 0.717) is 23.7 Å². The molecule has 12 heteroatoms. The van der Waals surface area contributed by atoms with Crippen LogP contribution in [0.25, 0.3) is 11.2 Å². The van der Waals surface area contributed by atoms with Crippen molar-refractivity contribution in [2.75, 3.05) is 13.2 Å². The van der Waals surface area contributed by atoms with Crippen molar-refractivity contribution >= 4 is 29.1 Å². The molecule has 2 aromatic rings. The lowest BCUT2D eigenvalue weighted by Gasteiger charge is -2.26. The van der Waals surface area contributed by atoms with Gasteiger partial charge in [-0.1, -0.05) is 41.5 Å². The molecule has 4 atom stereocenters. The fourth-order valence-corrected chi connectivity index (χ4v) is 3.46. The number of carbonyl (C=O) groups excluding carboxylic acids is 3. The molecule has 1 aliphatic rings. The summed E-state index contributed by atoms with van der Waals surface area (Å²) in [6.07, 6.45) is -1.20. The third kappa shape index (κ3) is 5.92. The minimum Gasteiger partial charge on any atom is -0.476 e. The Labute approximate surface area is 209 Å². The first-order valence-electron chi connectivity index (χ1n) is 12.1. The summed E-state index contributed by atoms with van der Waals surface area (Å²) in [6.45, 7) is 12.2. The predicted molar refractivity (Wildman–Crippen MR) is 126 cm³/mol. The van der Waals surface area contributed by atoms with Gasteiger partial charge < -0.3 is 23.7 Å². The van der Waals surface area contributed by atoms with Crippen molar-refractivity contribution in [1.82, 2.24) is 19.5 Å². The highest BCUT2D eigenvalue weighted by molar-refractivity contribution is 5.76. The maximum absolute atomic E-state index is 12.7. The van der Waals surface area contributed by atoms with Gasteiger partial charge in [-0.05, 0) is 6.92 Å². The SMILES string of the molecule is CCOc1ncnc2c1ncn2[C@@H]1O[C@H](COC(=O)C(C)C)[C@@H](OC(=O)C(C)C)[C@H]1OC(=O)C(C)C. The number of aromatic nitrogens is 4. The first-order chi connectivity index (χ1) is 17.0. The highest BCUT2D eigenvalue weighted by Gasteiger charge is 2.52. The van der Waals surface area contributed by atoms with Crippen molar-refractivity contribution < 1.29 is 38.1 Å². The fourth-order valence-electron chi connectivity index (χ4n) is 3.46. The van der Waals surface area contributed by atoms with E-state index in [2.05, 4.69) is 15.0 Å². The van der Waals surface area contributed by atoms with Crippen LogP contribution in [0.5, 0.6) is 5.88 Å². The minimum atomic E-state index is -1.06.